The van der Waals surface area contributed by atoms with E-state index < -0.39 is 5.97 Å². The monoisotopic (exact) mass is 406 g/mol. The van der Waals surface area contributed by atoms with E-state index in [4.69, 9.17) is 4.74 Å². The molecule has 0 aromatic heterocycles. The predicted octanol–water partition coefficient (Wildman–Crippen LogP) is 3.54. The summed E-state index contributed by atoms with van der Waals surface area (Å²) in [6.07, 6.45) is 1.97. The van der Waals surface area contributed by atoms with E-state index in [2.05, 4.69) is 9.80 Å². The molecular formula is C21H27FN2O3S. The molecule has 2 heterocycles. The quantitative estimate of drug-likeness (QED) is 0.713. The van der Waals surface area contributed by atoms with Crippen LogP contribution in [0.2, 0.25) is 0 Å². The van der Waals surface area contributed by atoms with Gasteiger partial charge in [0.15, 0.2) is 0 Å². The van der Waals surface area contributed by atoms with Gasteiger partial charge in [-0.1, -0.05) is 19.1 Å². The zero-order chi connectivity index (χ0) is 20.3. The van der Waals surface area contributed by atoms with Crippen LogP contribution in [0, 0.1) is 11.7 Å². The van der Waals surface area contributed by atoms with Crippen molar-refractivity contribution in [1.29, 1.82) is 0 Å². The van der Waals surface area contributed by atoms with Gasteiger partial charge in [0, 0.05) is 32.7 Å². The Balaban J connectivity index is 1.94. The van der Waals surface area contributed by atoms with Crippen LogP contribution in [-0.4, -0.2) is 59.6 Å². The standard InChI is InChI=1S/C21H27FN2O3S/c1-4-28-20-19(21(25)26)14(2)8-18(23-10-16(11-23)13-27-3)24(20)12-15-6-5-7-17(22)9-15/h5-9,16,18H,4,10-13H2,1-3H3,(H,25,26). The van der Waals surface area contributed by atoms with E-state index in [1.807, 2.05) is 26.0 Å². The van der Waals surface area contributed by atoms with Crippen molar-refractivity contribution in [3.05, 3.63) is 57.9 Å². The van der Waals surface area contributed by atoms with Crippen LogP contribution in [0.5, 0.6) is 0 Å². The number of thioether (sulfide) groups is 1. The van der Waals surface area contributed by atoms with Crippen LogP contribution in [0.3, 0.4) is 0 Å². The SMILES string of the molecule is CCSC1=C(C(=O)O)C(C)=CC(N2CC(COC)C2)N1Cc1cccc(F)c1. The number of hydrogen-bond acceptors (Lipinski definition) is 5. The number of methoxy groups -OCH3 is 1. The molecule has 2 aliphatic rings. The van der Waals surface area contributed by atoms with Gasteiger partial charge in [0.25, 0.3) is 0 Å². The number of carboxylic acid groups (broad SMARTS) is 1. The molecule has 0 saturated carbocycles. The lowest BCUT2D eigenvalue weighted by Gasteiger charge is -2.50. The second kappa shape index (κ2) is 9.11. The molecule has 0 bridgehead atoms. The van der Waals surface area contributed by atoms with Gasteiger partial charge >= 0.3 is 5.97 Å². The first kappa shape index (κ1) is 20.9. The molecule has 0 aliphatic carbocycles. The highest BCUT2D eigenvalue weighted by molar-refractivity contribution is 8.03. The Morgan fingerprint density at radius 1 is 1.39 bits per heavy atom. The van der Waals surface area contributed by atoms with Crippen LogP contribution in [0.25, 0.3) is 0 Å². The summed E-state index contributed by atoms with van der Waals surface area (Å²) in [6, 6.07) is 6.51. The third-order valence-corrected chi connectivity index (χ3v) is 6.09. The molecule has 2 aliphatic heterocycles. The number of hydrogen-bond donors (Lipinski definition) is 1. The Morgan fingerprint density at radius 2 is 2.14 bits per heavy atom. The van der Waals surface area contributed by atoms with E-state index in [-0.39, 0.29) is 12.0 Å². The molecular weight excluding hydrogens is 379 g/mol. The van der Waals surface area contributed by atoms with Crippen LogP contribution in [0.15, 0.2) is 46.5 Å². The minimum absolute atomic E-state index is 0.0477. The summed E-state index contributed by atoms with van der Waals surface area (Å²) < 4.78 is 19.0. The lowest BCUT2D eigenvalue weighted by atomic mass is 9.96. The predicted molar refractivity (Wildman–Crippen MR) is 109 cm³/mol. The Labute approximate surface area is 169 Å². The van der Waals surface area contributed by atoms with Crippen molar-refractivity contribution < 1.29 is 19.0 Å². The van der Waals surface area contributed by atoms with E-state index in [1.165, 1.54) is 23.9 Å². The third kappa shape index (κ3) is 4.42. The first-order valence-corrected chi connectivity index (χ1v) is 10.5. The average Bonchev–Trinajstić information content (AvgIpc) is 2.60. The summed E-state index contributed by atoms with van der Waals surface area (Å²) in [5, 5.41) is 10.6. The molecule has 1 saturated heterocycles. The fourth-order valence-electron chi connectivity index (χ4n) is 3.85. The van der Waals surface area contributed by atoms with Crippen molar-refractivity contribution in [3.63, 3.8) is 0 Å². The molecule has 1 fully saturated rings. The van der Waals surface area contributed by atoms with Crippen LogP contribution < -0.4 is 0 Å². The smallest absolute Gasteiger partial charge is 0.338 e. The van der Waals surface area contributed by atoms with Crippen molar-refractivity contribution in [2.24, 2.45) is 5.92 Å². The number of aliphatic carboxylic acids is 1. The van der Waals surface area contributed by atoms with Gasteiger partial charge in [-0.3, -0.25) is 4.90 Å². The normalized spacial score (nSPS) is 20.9. The second-order valence-electron chi connectivity index (χ2n) is 7.21. The van der Waals surface area contributed by atoms with E-state index in [0.717, 1.165) is 41.6 Å². The van der Waals surface area contributed by atoms with Gasteiger partial charge in [0.1, 0.15) is 12.0 Å². The van der Waals surface area contributed by atoms with Gasteiger partial charge in [0.2, 0.25) is 0 Å². The van der Waals surface area contributed by atoms with Crippen LogP contribution in [0.4, 0.5) is 4.39 Å². The zero-order valence-corrected chi connectivity index (χ0v) is 17.3. The summed E-state index contributed by atoms with van der Waals surface area (Å²) in [7, 11) is 1.71. The van der Waals surface area contributed by atoms with Gasteiger partial charge in [-0.15, -0.1) is 11.8 Å². The number of carbonyl (C=O) groups is 1. The maximum Gasteiger partial charge on any atom is 0.338 e. The van der Waals surface area contributed by atoms with Crippen molar-refractivity contribution >= 4 is 17.7 Å². The Morgan fingerprint density at radius 3 is 2.75 bits per heavy atom. The van der Waals surface area contributed by atoms with E-state index in [9.17, 15) is 14.3 Å². The highest BCUT2D eigenvalue weighted by atomic mass is 32.2. The zero-order valence-electron chi connectivity index (χ0n) is 16.5. The number of likely N-dealkylation sites (tertiary alicyclic amines) is 1. The number of nitrogens with zero attached hydrogens (tertiary/aromatic N) is 2. The minimum Gasteiger partial charge on any atom is -0.478 e. The summed E-state index contributed by atoms with van der Waals surface area (Å²) in [6.45, 7) is 6.85. The number of benzene rings is 1. The fraction of sp³-hybridized carbons (Fsp3) is 0.476. The Kier molecular flexibility index (Phi) is 6.80. The summed E-state index contributed by atoms with van der Waals surface area (Å²) in [4.78, 5) is 16.4. The van der Waals surface area contributed by atoms with Crippen LogP contribution >= 0.6 is 11.8 Å². The van der Waals surface area contributed by atoms with Crippen molar-refractivity contribution in [2.75, 3.05) is 32.6 Å². The molecule has 152 valence electrons. The van der Waals surface area contributed by atoms with E-state index >= 15 is 0 Å². The largest absolute Gasteiger partial charge is 0.478 e. The topological polar surface area (TPSA) is 53.0 Å². The van der Waals surface area contributed by atoms with Gasteiger partial charge in [0.05, 0.1) is 17.2 Å². The van der Waals surface area contributed by atoms with Crippen molar-refractivity contribution in [2.45, 2.75) is 26.6 Å². The highest BCUT2D eigenvalue weighted by Crippen LogP contribution is 2.38. The van der Waals surface area contributed by atoms with Crippen molar-refractivity contribution in [3.8, 4) is 0 Å². The lowest BCUT2D eigenvalue weighted by molar-refractivity contribution is -0.132. The molecule has 1 atom stereocenters. The maximum atomic E-state index is 13.7. The average molecular weight is 407 g/mol. The highest BCUT2D eigenvalue weighted by Gasteiger charge is 2.39. The second-order valence-corrected chi connectivity index (χ2v) is 8.47. The first-order chi connectivity index (χ1) is 13.4. The van der Waals surface area contributed by atoms with Gasteiger partial charge in [-0.25, -0.2) is 9.18 Å². The number of rotatable bonds is 8. The molecule has 28 heavy (non-hydrogen) atoms. The lowest BCUT2D eigenvalue weighted by Crippen LogP contribution is -2.58. The van der Waals surface area contributed by atoms with E-state index in [1.54, 1.807) is 13.2 Å². The van der Waals surface area contributed by atoms with Crippen LogP contribution in [-0.2, 0) is 16.1 Å². The Hall–Kier alpha value is -1.83. The minimum atomic E-state index is -0.923. The van der Waals surface area contributed by atoms with Gasteiger partial charge in [-0.2, -0.15) is 0 Å². The molecule has 0 radical (unpaired) electrons. The summed E-state index contributed by atoms with van der Waals surface area (Å²) in [5.74, 6) is 0.0436. The van der Waals surface area contributed by atoms with E-state index in [0.29, 0.717) is 18.0 Å². The molecule has 1 aromatic rings. The fourth-order valence-corrected chi connectivity index (χ4v) is 4.85. The first-order valence-electron chi connectivity index (χ1n) is 9.47. The molecule has 7 heteroatoms. The maximum absolute atomic E-state index is 13.7. The Bertz CT molecular complexity index is 790. The molecule has 3 rings (SSSR count). The molecule has 1 N–H and O–H groups in total. The summed E-state index contributed by atoms with van der Waals surface area (Å²) in [5.41, 5.74) is 1.94. The molecule has 1 aromatic carbocycles. The summed E-state index contributed by atoms with van der Waals surface area (Å²) >= 11 is 1.53. The number of halogens is 1. The molecule has 5 nitrogen and oxygen atoms in total. The number of carboxylic acids is 1. The van der Waals surface area contributed by atoms with Crippen LogP contribution in [0.1, 0.15) is 19.4 Å². The molecule has 0 spiro atoms. The molecule has 1 unspecified atom stereocenters. The number of ether oxygens (including phenoxy) is 1. The molecule has 0 amide bonds. The third-order valence-electron chi connectivity index (χ3n) is 5.09. The van der Waals surface area contributed by atoms with Gasteiger partial charge in [-0.05, 0) is 42.0 Å². The van der Waals surface area contributed by atoms with Crippen molar-refractivity contribution in [1.82, 2.24) is 9.80 Å². The van der Waals surface area contributed by atoms with Gasteiger partial charge < -0.3 is 14.7 Å².